The van der Waals surface area contributed by atoms with Crippen molar-refractivity contribution in [1.82, 2.24) is 19.7 Å². The molecule has 1 aromatic carbocycles. The number of aromatic nitrogens is 4. The molecule has 0 spiro atoms. The van der Waals surface area contributed by atoms with Crippen LogP contribution in [-0.4, -0.2) is 26.9 Å². The van der Waals surface area contributed by atoms with Crippen molar-refractivity contribution in [3.8, 4) is 28.3 Å². The lowest BCUT2D eigenvalue weighted by Crippen LogP contribution is -2.02. The minimum Gasteiger partial charge on any atom is -0.497 e. The van der Waals surface area contributed by atoms with Gasteiger partial charge in [0.25, 0.3) is 0 Å². The van der Waals surface area contributed by atoms with Crippen LogP contribution in [0.15, 0.2) is 54.9 Å². The lowest BCUT2D eigenvalue weighted by atomic mass is 9.96. The Morgan fingerprint density at radius 2 is 1.93 bits per heavy atom. The lowest BCUT2D eigenvalue weighted by Gasteiger charge is -2.11. The number of hydrogen-bond acceptors (Lipinski definition) is 4. The average molecular weight is 370 g/mol. The number of fused-ring (bicyclic) bond motifs is 2. The van der Waals surface area contributed by atoms with Gasteiger partial charge in [0.15, 0.2) is 0 Å². The SMILES string of the molecule is COc1ccc2c(-c3c(-c4ccccn4)nn4c3CCCCC4)ccnc2c1. The summed E-state index contributed by atoms with van der Waals surface area (Å²) in [5.41, 5.74) is 6.46. The van der Waals surface area contributed by atoms with Gasteiger partial charge in [0.1, 0.15) is 11.4 Å². The molecule has 5 nitrogen and oxygen atoms in total. The van der Waals surface area contributed by atoms with E-state index in [2.05, 4.69) is 26.8 Å². The average Bonchev–Trinajstić information content (AvgIpc) is 2.95. The Kier molecular flexibility index (Phi) is 4.28. The van der Waals surface area contributed by atoms with E-state index >= 15 is 0 Å². The third-order valence-electron chi connectivity index (χ3n) is 5.47. The second-order valence-electron chi connectivity index (χ2n) is 7.16. The van der Waals surface area contributed by atoms with Gasteiger partial charge in [-0.15, -0.1) is 0 Å². The van der Waals surface area contributed by atoms with Gasteiger partial charge in [0, 0.05) is 41.6 Å². The molecule has 0 atom stereocenters. The molecule has 0 fully saturated rings. The third-order valence-corrected chi connectivity index (χ3v) is 5.47. The van der Waals surface area contributed by atoms with Gasteiger partial charge >= 0.3 is 0 Å². The van der Waals surface area contributed by atoms with E-state index in [0.29, 0.717) is 0 Å². The van der Waals surface area contributed by atoms with Crippen molar-refractivity contribution in [3.63, 3.8) is 0 Å². The zero-order valence-electron chi connectivity index (χ0n) is 15.9. The van der Waals surface area contributed by atoms with Gasteiger partial charge in [0.05, 0.1) is 18.3 Å². The minimum absolute atomic E-state index is 0.816. The molecule has 1 aliphatic rings. The number of hydrogen-bond donors (Lipinski definition) is 0. The molecule has 0 saturated heterocycles. The van der Waals surface area contributed by atoms with E-state index < -0.39 is 0 Å². The van der Waals surface area contributed by atoms with E-state index in [-0.39, 0.29) is 0 Å². The Morgan fingerprint density at radius 3 is 2.79 bits per heavy atom. The smallest absolute Gasteiger partial charge is 0.121 e. The first-order valence-electron chi connectivity index (χ1n) is 9.79. The summed E-state index contributed by atoms with van der Waals surface area (Å²) in [4.78, 5) is 9.17. The van der Waals surface area contributed by atoms with Gasteiger partial charge in [-0.3, -0.25) is 14.6 Å². The van der Waals surface area contributed by atoms with Gasteiger partial charge in [0.2, 0.25) is 0 Å². The van der Waals surface area contributed by atoms with E-state index in [1.807, 2.05) is 42.7 Å². The van der Waals surface area contributed by atoms with Crippen LogP contribution in [-0.2, 0) is 13.0 Å². The Bertz CT molecular complexity index is 1130. The van der Waals surface area contributed by atoms with Crippen molar-refractivity contribution in [2.45, 2.75) is 32.2 Å². The molecule has 1 aliphatic heterocycles. The highest BCUT2D eigenvalue weighted by Crippen LogP contribution is 2.39. The molecule has 28 heavy (non-hydrogen) atoms. The first kappa shape index (κ1) is 16.9. The Balaban J connectivity index is 1.80. The number of rotatable bonds is 3. The predicted octanol–water partition coefficient (Wildman–Crippen LogP) is 4.90. The molecule has 5 rings (SSSR count). The fourth-order valence-electron chi connectivity index (χ4n) is 4.10. The van der Waals surface area contributed by atoms with E-state index in [9.17, 15) is 0 Å². The molecule has 0 saturated carbocycles. The van der Waals surface area contributed by atoms with Crippen LogP contribution in [0.5, 0.6) is 5.75 Å². The van der Waals surface area contributed by atoms with Crippen LogP contribution >= 0.6 is 0 Å². The van der Waals surface area contributed by atoms with Gasteiger partial charge < -0.3 is 4.74 Å². The Labute approximate surface area is 164 Å². The van der Waals surface area contributed by atoms with E-state index in [1.165, 1.54) is 30.5 Å². The molecule has 4 aromatic rings. The first-order chi connectivity index (χ1) is 13.8. The van der Waals surface area contributed by atoms with Crippen LogP contribution in [0.25, 0.3) is 33.4 Å². The number of pyridine rings is 2. The van der Waals surface area contributed by atoms with Crippen molar-refractivity contribution in [2.75, 3.05) is 7.11 Å². The maximum absolute atomic E-state index is 5.39. The van der Waals surface area contributed by atoms with Crippen LogP contribution < -0.4 is 4.74 Å². The minimum atomic E-state index is 0.816. The monoisotopic (exact) mass is 370 g/mol. The molecule has 0 N–H and O–H groups in total. The summed E-state index contributed by atoms with van der Waals surface area (Å²) in [6.07, 6.45) is 8.35. The summed E-state index contributed by atoms with van der Waals surface area (Å²) in [6.45, 7) is 0.964. The number of nitrogens with zero attached hydrogens (tertiary/aromatic N) is 4. The summed E-state index contributed by atoms with van der Waals surface area (Å²) in [7, 11) is 1.68. The zero-order chi connectivity index (χ0) is 18.9. The highest BCUT2D eigenvalue weighted by molar-refractivity contribution is 5.99. The van der Waals surface area contributed by atoms with Gasteiger partial charge in [-0.2, -0.15) is 5.10 Å². The third kappa shape index (κ3) is 2.83. The maximum Gasteiger partial charge on any atom is 0.121 e. The first-order valence-corrected chi connectivity index (χ1v) is 9.79. The number of ether oxygens (including phenoxy) is 1. The molecule has 5 heteroatoms. The van der Waals surface area contributed by atoms with Gasteiger partial charge in [-0.1, -0.05) is 12.5 Å². The standard InChI is InChI=1S/C23H22N4O/c1-28-16-9-10-17-18(11-13-25-20(17)15-16)22-21-8-3-2-6-14-27(21)26-23(22)19-7-4-5-12-24-19/h4-5,7,9-13,15H,2-3,6,8,14H2,1H3. The van der Waals surface area contributed by atoms with Crippen molar-refractivity contribution < 1.29 is 4.74 Å². The molecule has 0 bridgehead atoms. The number of benzene rings is 1. The fourth-order valence-corrected chi connectivity index (χ4v) is 4.10. The van der Waals surface area contributed by atoms with Crippen LogP contribution in [0.2, 0.25) is 0 Å². The van der Waals surface area contributed by atoms with Crippen molar-refractivity contribution in [2.24, 2.45) is 0 Å². The molecular weight excluding hydrogens is 348 g/mol. The molecule has 3 aromatic heterocycles. The molecule has 0 unspecified atom stereocenters. The predicted molar refractivity (Wildman–Crippen MR) is 110 cm³/mol. The van der Waals surface area contributed by atoms with E-state index in [0.717, 1.165) is 46.6 Å². The normalized spacial score (nSPS) is 13.9. The Morgan fingerprint density at radius 1 is 0.964 bits per heavy atom. The number of aryl methyl sites for hydroxylation is 1. The maximum atomic E-state index is 5.39. The summed E-state index contributed by atoms with van der Waals surface area (Å²) in [6, 6.07) is 14.2. The number of methoxy groups -OCH3 is 1. The quantitative estimate of drug-likeness (QED) is 0.515. The summed E-state index contributed by atoms with van der Waals surface area (Å²) < 4.78 is 7.58. The summed E-state index contributed by atoms with van der Waals surface area (Å²) in [5, 5.41) is 6.12. The molecular formula is C23H22N4O. The fraction of sp³-hybridized carbons (Fsp3) is 0.261. The molecule has 0 aliphatic carbocycles. The summed E-state index contributed by atoms with van der Waals surface area (Å²) in [5.74, 6) is 0.816. The highest BCUT2D eigenvalue weighted by atomic mass is 16.5. The highest BCUT2D eigenvalue weighted by Gasteiger charge is 2.23. The second-order valence-corrected chi connectivity index (χ2v) is 7.16. The van der Waals surface area contributed by atoms with Crippen LogP contribution in [0.3, 0.4) is 0 Å². The van der Waals surface area contributed by atoms with Crippen LogP contribution in [0.4, 0.5) is 0 Å². The van der Waals surface area contributed by atoms with E-state index in [1.54, 1.807) is 7.11 Å². The van der Waals surface area contributed by atoms with Crippen LogP contribution in [0, 0.1) is 0 Å². The largest absolute Gasteiger partial charge is 0.497 e. The molecule has 140 valence electrons. The topological polar surface area (TPSA) is 52.8 Å². The Hall–Kier alpha value is -3.21. The van der Waals surface area contributed by atoms with Crippen molar-refractivity contribution in [3.05, 3.63) is 60.6 Å². The van der Waals surface area contributed by atoms with Crippen LogP contribution in [0.1, 0.15) is 25.0 Å². The lowest BCUT2D eigenvalue weighted by molar-refractivity contribution is 0.415. The molecule has 4 heterocycles. The van der Waals surface area contributed by atoms with Gasteiger partial charge in [-0.05, 0) is 55.2 Å². The van der Waals surface area contributed by atoms with Crippen molar-refractivity contribution in [1.29, 1.82) is 0 Å². The molecule has 0 amide bonds. The second kappa shape index (κ2) is 7.08. The van der Waals surface area contributed by atoms with E-state index in [4.69, 9.17) is 9.84 Å². The summed E-state index contributed by atoms with van der Waals surface area (Å²) >= 11 is 0. The van der Waals surface area contributed by atoms with Crippen molar-refractivity contribution >= 4 is 10.9 Å². The molecule has 0 radical (unpaired) electrons. The zero-order valence-corrected chi connectivity index (χ0v) is 15.9. The van der Waals surface area contributed by atoms with Gasteiger partial charge in [-0.25, -0.2) is 0 Å².